The molecule has 5 rings (SSSR count). The molecule has 0 atom stereocenters. The molecule has 10 nitrogen and oxygen atoms in total. The van der Waals surface area contributed by atoms with Gasteiger partial charge in [0.1, 0.15) is 24.4 Å². The Morgan fingerprint density at radius 1 is 0.881 bits per heavy atom. The number of rotatable bonds is 11. The van der Waals surface area contributed by atoms with Gasteiger partial charge in [0.05, 0.1) is 17.2 Å². The zero-order valence-electron chi connectivity index (χ0n) is 23.6. The van der Waals surface area contributed by atoms with Crippen molar-refractivity contribution in [2.75, 3.05) is 46.4 Å². The first kappa shape index (κ1) is 29.3. The van der Waals surface area contributed by atoms with Gasteiger partial charge in [0.25, 0.3) is 0 Å². The second-order valence-corrected chi connectivity index (χ2v) is 12.0. The van der Waals surface area contributed by atoms with Crippen LogP contribution >= 0.6 is 0 Å². The summed E-state index contributed by atoms with van der Waals surface area (Å²) >= 11 is 0. The number of carbonyl (C=O) groups is 1. The summed E-state index contributed by atoms with van der Waals surface area (Å²) in [5, 5.41) is 2.87. The average molecular weight is 590 g/mol. The molecule has 2 heterocycles. The third-order valence-electron chi connectivity index (χ3n) is 7.01. The number of nitrogens with one attached hydrogen (secondary N) is 1. The number of hydrogen-bond acceptors (Lipinski definition) is 7. The Kier molecular flexibility index (Phi) is 9.52. The molecule has 0 bridgehead atoms. The van der Waals surface area contributed by atoms with E-state index in [0.717, 1.165) is 30.0 Å². The van der Waals surface area contributed by atoms with E-state index in [1.807, 2.05) is 61.6 Å². The second-order valence-electron chi connectivity index (χ2n) is 10.1. The van der Waals surface area contributed by atoms with Crippen LogP contribution in [-0.4, -0.2) is 79.6 Å². The van der Waals surface area contributed by atoms with Gasteiger partial charge in [-0.3, -0.25) is 4.57 Å². The van der Waals surface area contributed by atoms with Gasteiger partial charge in [-0.1, -0.05) is 30.3 Å². The smallest absolute Gasteiger partial charge is 0.326 e. The van der Waals surface area contributed by atoms with Crippen LogP contribution in [0.3, 0.4) is 0 Å². The zero-order valence-corrected chi connectivity index (χ0v) is 24.4. The predicted octanol–water partition coefficient (Wildman–Crippen LogP) is 4.09. The van der Waals surface area contributed by atoms with E-state index in [2.05, 4.69) is 15.2 Å². The first-order chi connectivity index (χ1) is 20.4. The molecule has 11 heteroatoms. The topological polar surface area (TPSA) is 106 Å². The molecule has 1 N–H and O–H groups in total. The minimum atomic E-state index is -3.49. The highest BCUT2D eigenvalue weighted by molar-refractivity contribution is 7.89. The normalized spacial score (nSPS) is 14.4. The first-order valence-corrected chi connectivity index (χ1v) is 15.3. The van der Waals surface area contributed by atoms with Crippen molar-refractivity contribution < 1.29 is 22.7 Å². The maximum Gasteiger partial charge on any atom is 0.326 e. The van der Waals surface area contributed by atoms with Gasteiger partial charge in [-0.15, -0.1) is 0 Å². The Balaban J connectivity index is 1.07. The number of carbonyl (C=O) groups excluding carboxylic acids is 1. The summed E-state index contributed by atoms with van der Waals surface area (Å²) in [5.41, 5.74) is 2.39. The highest BCUT2D eigenvalue weighted by atomic mass is 32.2. The molecule has 0 saturated carbocycles. The van der Waals surface area contributed by atoms with Crippen molar-refractivity contribution in [3.8, 4) is 22.8 Å². The summed E-state index contributed by atoms with van der Waals surface area (Å²) < 4.78 is 40.4. The summed E-state index contributed by atoms with van der Waals surface area (Å²) in [5.74, 6) is 1.48. The van der Waals surface area contributed by atoms with Crippen LogP contribution in [0.15, 0.2) is 96.3 Å². The van der Waals surface area contributed by atoms with E-state index in [9.17, 15) is 13.2 Å². The molecule has 1 saturated heterocycles. The van der Waals surface area contributed by atoms with Crippen LogP contribution in [0.25, 0.3) is 11.3 Å². The van der Waals surface area contributed by atoms with Gasteiger partial charge in [0, 0.05) is 44.5 Å². The Bertz CT molecular complexity index is 1550. The highest BCUT2D eigenvalue weighted by Gasteiger charge is 2.27. The van der Waals surface area contributed by atoms with Gasteiger partial charge in [0.15, 0.2) is 0 Å². The number of ether oxygens (including phenoxy) is 2. The number of para-hydroxylation sites is 1. The maximum absolute atomic E-state index is 12.9. The second kappa shape index (κ2) is 13.6. The molecular weight excluding hydrogens is 554 g/mol. The molecule has 3 aromatic carbocycles. The fourth-order valence-corrected chi connectivity index (χ4v) is 5.89. The molecule has 0 radical (unpaired) electrons. The van der Waals surface area contributed by atoms with Crippen molar-refractivity contribution in [3.63, 3.8) is 0 Å². The van der Waals surface area contributed by atoms with Crippen LogP contribution in [0, 0.1) is 0 Å². The summed E-state index contributed by atoms with van der Waals surface area (Å²) in [4.78, 5) is 19.3. The lowest BCUT2D eigenvalue weighted by molar-refractivity contribution is 0.222. The summed E-state index contributed by atoms with van der Waals surface area (Å²) in [6, 6.07) is 23.6. The number of piperazine rings is 1. The van der Waals surface area contributed by atoms with Crippen LogP contribution in [0.2, 0.25) is 0 Å². The van der Waals surface area contributed by atoms with Crippen molar-refractivity contribution in [3.05, 3.63) is 97.0 Å². The first-order valence-electron chi connectivity index (χ1n) is 13.9. The van der Waals surface area contributed by atoms with Gasteiger partial charge in [-0.25, -0.2) is 18.2 Å². The molecule has 1 aliphatic heterocycles. The minimum absolute atomic E-state index is 0.254. The quantitative estimate of drug-likeness (QED) is 0.263. The minimum Gasteiger partial charge on any atom is -0.494 e. The standard InChI is InChI=1S/C31H35N5O5S/c1-34-17-19-36(20-18-34)42(38,39)29-14-8-25(9-15-29)23-41-28-12-10-26(11-13-28)30-22-35(24-33-30)31(37)32-16-5-21-40-27-6-3-2-4-7-27/h2-4,6-15,22,24H,5,16-21,23H2,1H3,(H,32,37). The van der Waals surface area contributed by atoms with E-state index in [4.69, 9.17) is 9.47 Å². The fraction of sp³-hybridized carbons (Fsp3) is 0.290. The molecule has 0 aliphatic carbocycles. The highest BCUT2D eigenvalue weighted by Crippen LogP contribution is 2.23. The number of aromatic nitrogens is 2. The molecular formula is C31H35N5O5S. The van der Waals surface area contributed by atoms with Gasteiger partial charge >= 0.3 is 6.03 Å². The van der Waals surface area contributed by atoms with Crippen LogP contribution in [0.4, 0.5) is 4.79 Å². The van der Waals surface area contributed by atoms with E-state index in [1.165, 1.54) is 10.9 Å². The molecule has 1 aromatic heterocycles. The number of imidazole rings is 1. The van der Waals surface area contributed by atoms with Crippen molar-refractivity contribution in [2.24, 2.45) is 0 Å². The Labute approximate surface area is 246 Å². The van der Waals surface area contributed by atoms with Crippen LogP contribution < -0.4 is 14.8 Å². The van der Waals surface area contributed by atoms with E-state index in [-0.39, 0.29) is 6.03 Å². The average Bonchev–Trinajstić information content (AvgIpc) is 3.52. The lowest BCUT2D eigenvalue weighted by Crippen LogP contribution is -2.46. The number of hydrogen-bond donors (Lipinski definition) is 1. The number of likely N-dealkylation sites (N-methyl/N-ethyl adjacent to an activating group) is 1. The lowest BCUT2D eigenvalue weighted by atomic mass is 10.1. The maximum atomic E-state index is 12.9. The molecule has 4 aromatic rings. The molecule has 220 valence electrons. The third-order valence-corrected chi connectivity index (χ3v) is 8.92. The monoisotopic (exact) mass is 589 g/mol. The number of nitrogens with zero attached hydrogens (tertiary/aromatic N) is 4. The Morgan fingerprint density at radius 3 is 2.29 bits per heavy atom. The van der Waals surface area contributed by atoms with Gasteiger partial charge in [-0.2, -0.15) is 4.31 Å². The molecule has 1 aliphatic rings. The van der Waals surface area contributed by atoms with Crippen molar-refractivity contribution in [2.45, 2.75) is 17.9 Å². The molecule has 42 heavy (non-hydrogen) atoms. The van der Waals surface area contributed by atoms with Crippen molar-refractivity contribution >= 4 is 16.1 Å². The largest absolute Gasteiger partial charge is 0.494 e. The molecule has 1 amide bonds. The molecule has 1 fully saturated rings. The Hall–Kier alpha value is -4.19. The summed E-state index contributed by atoms with van der Waals surface area (Å²) in [6.45, 7) is 3.76. The predicted molar refractivity (Wildman–Crippen MR) is 160 cm³/mol. The van der Waals surface area contributed by atoms with E-state index in [1.54, 1.807) is 34.8 Å². The van der Waals surface area contributed by atoms with E-state index < -0.39 is 10.0 Å². The summed E-state index contributed by atoms with van der Waals surface area (Å²) in [7, 11) is -1.50. The van der Waals surface area contributed by atoms with Gasteiger partial charge in [-0.05, 0) is 67.6 Å². The lowest BCUT2D eigenvalue weighted by Gasteiger charge is -2.31. The van der Waals surface area contributed by atoms with Crippen LogP contribution in [-0.2, 0) is 16.6 Å². The van der Waals surface area contributed by atoms with Crippen LogP contribution in [0.1, 0.15) is 12.0 Å². The van der Waals surface area contributed by atoms with Crippen LogP contribution in [0.5, 0.6) is 11.5 Å². The fourth-order valence-electron chi connectivity index (χ4n) is 4.47. The summed E-state index contributed by atoms with van der Waals surface area (Å²) in [6.07, 6.45) is 3.86. The van der Waals surface area contributed by atoms with Gasteiger partial charge in [0.2, 0.25) is 10.0 Å². The SMILES string of the molecule is CN1CCN(S(=O)(=O)c2ccc(COc3ccc(-c4cn(C(=O)NCCCOc5ccccc5)cn4)cc3)cc2)CC1. The number of benzene rings is 3. The number of sulfonamides is 1. The third kappa shape index (κ3) is 7.55. The van der Waals surface area contributed by atoms with E-state index in [0.29, 0.717) is 55.6 Å². The Morgan fingerprint density at radius 2 is 1.57 bits per heavy atom. The van der Waals surface area contributed by atoms with E-state index >= 15 is 0 Å². The molecule has 0 unspecified atom stereocenters. The zero-order chi connectivity index (χ0) is 29.4. The molecule has 0 spiro atoms. The van der Waals surface area contributed by atoms with Gasteiger partial charge < -0.3 is 19.7 Å². The van der Waals surface area contributed by atoms with Crippen molar-refractivity contribution in [1.82, 2.24) is 24.1 Å². The van der Waals surface area contributed by atoms with Crippen molar-refractivity contribution in [1.29, 1.82) is 0 Å². The number of amides is 1.